The summed E-state index contributed by atoms with van der Waals surface area (Å²) in [4.78, 5) is 25.7. The number of hydrogen-bond acceptors (Lipinski definition) is 2. The third-order valence-electron chi connectivity index (χ3n) is 3.17. The molecule has 0 spiro atoms. The molecule has 0 heterocycles. The molecule has 4 nitrogen and oxygen atoms in total. The first kappa shape index (κ1) is 17.1. The van der Waals surface area contributed by atoms with Crippen LogP contribution in [0.2, 0.25) is 0 Å². The molecule has 0 aliphatic rings. The van der Waals surface area contributed by atoms with E-state index < -0.39 is 6.04 Å². The number of nitrogens with zero attached hydrogens (tertiary/aromatic N) is 1. The van der Waals surface area contributed by atoms with E-state index in [1.165, 1.54) is 17.0 Å². The Morgan fingerprint density at radius 1 is 1.19 bits per heavy atom. The van der Waals surface area contributed by atoms with Crippen LogP contribution in [0, 0.1) is 5.82 Å². The van der Waals surface area contributed by atoms with Crippen LogP contribution in [0.5, 0.6) is 0 Å². The van der Waals surface area contributed by atoms with Crippen LogP contribution >= 0.6 is 0 Å². The molecule has 1 N–H and O–H groups in total. The van der Waals surface area contributed by atoms with Crippen molar-refractivity contribution in [3.63, 3.8) is 0 Å². The van der Waals surface area contributed by atoms with Crippen molar-refractivity contribution in [1.82, 2.24) is 10.2 Å². The summed E-state index contributed by atoms with van der Waals surface area (Å²) >= 11 is 0. The average molecular weight is 294 g/mol. The minimum Gasteiger partial charge on any atom is -0.352 e. The molecule has 0 aromatic heterocycles. The standard InChI is InChI=1S/C16H23FN2O2/c1-5-15(20)19(12(4)16(21)18-11(2)3)10-13-6-8-14(17)9-7-13/h6-9,11-12H,5,10H2,1-4H3,(H,18,21)/t12-/m0/s1. The summed E-state index contributed by atoms with van der Waals surface area (Å²) in [6, 6.07) is 5.40. The molecule has 1 rings (SSSR count). The lowest BCUT2D eigenvalue weighted by molar-refractivity contribution is -0.140. The Morgan fingerprint density at radius 3 is 2.24 bits per heavy atom. The monoisotopic (exact) mass is 294 g/mol. The van der Waals surface area contributed by atoms with E-state index in [1.807, 2.05) is 13.8 Å². The van der Waals surface area contributed by atoms with E-state index in [-0.39, 0.29) is 23.7 Å². The van der Waals surface area contributed by atoms with Crippen molar-refractivity contribution in [1.29, 1.82) is 0 Å². The van der Waals surface area contributed by atoms with Crippen LogP contribution in [0.3, 0.4) is 0 Å². The van der Waals surface area contributed by atoms with Gasteiger partial charge in [-0.05, 0) is 38.5 Å². The number of carbonyl (C=O) groups excluding carboxylic acids is 2. The van der Waals surface area contributed by atoms with Gasteiger partial charge in [0.1, 0.15) is 11.9 Å². The fourth-order valence-electron chi connectivity index (χ4n) is 1.98. The quantitative estimate of drug-likeness (QED) is 0.876. The van der Waals surface area contributed by atoms with Crippen LogP contribution in [-0.4, -0.2) is 28.8 Å². The van der Waals surface area contributed by atoms with E-state index in [9.17, 15) is 14.0 Å². The molecule has 5 heteroatoms. The van der Waals surface area contributed by atoms with Crippen molar-refractivity contribution < 1.29 is 14.0 Å². The van der Waals surface area contributed by atoms with Gasteiger partial charge in [0.05, 0.1) is 0 Å². The number of amides is 2. The predicted octanol–water partition coefficient (Wildman–Crippen LogP) is 2.48. The Hall–Kier alpha value is -1.91. The van der Waals surface area contributed by atoms with Gasteiger partial charge in [-0.1, -0.05) is 19.1 Å². The Balaban J connectivity index is 2.87. The number of hydrogen-bond donors (Lipinski definition) is 1. The van der Waals surface area contributed by atoms with Gasteiger partial charge in [-0.3, -0.25) is 9.59 Å². The number of carbonyl (C=O) groups is 2. The smallest absolute Gasteiger partial charge is 0.242 e. The minimum absolute atomic E-state index is 0.0179. The van der Waals surface area contributed by atoms with Crippen molar-refractivity contribution in [3.05, 3.63) is 35.6 Å². The zero-order chi connectivity index (χ0) is 16.0. The summed E-state index contributed by atoms with van der Waals surface area (Å²) in [7, 11) is 0. The number of rotatable bonds is 6. The second-order valence-corrected chi connectivity index (χ2v) is 5.34. The van der Waals surface area contributed by atoms with Gasteiger partial charge in [-0.15, -0.1) is 0 Å². The molecular weight excluding hydrogens is 271 g/mol. The van der Waals surface area contributed by atoms with Crippen LogP contribution in [-0.2, 0) is 16.1 Å². The zero-order valence-corrected chi connectivity index (χ0v) is 13.0. The summed E-state index contributed by atoms with van der Waals surface area (Å²) in [5.41, 5.74) is 0.794. The first-order valence-corrected chi connectivity index (χ1v) is 7.19. The SMILES string of the molecule is CCC(=O)N(Cc1ccc(F)cc1)[C@@H](C)C(=O)NC(C)C. The van der Waals surface area contributed by atoms with Crippen molar-refractivity contribution >= 4 is 11.8 Å². The molecule has 116 valence electrons. The summed E-state index contributed by atoms with van der Waals surface area (Å²) in [6.45, 7) is 7.49. The Morgan fingerprint density at radius 2 is 1.76 bits per heavy atom. The molecule has 21 heavy (non-hydrogen) atoms. The molecule has 0 fully saturated rings. The van der Waals surface area contributed by atoms with E-state index >= 15 is 0 Å². The highest BCUT2D eigenvalue weighted by Gasteiger charge is 2.25. The van der Waals surface area contributed by atoms with Gasteiger partial charge in [-0.2, -0.15) is 0 Å². The summed E-state index contributed by atoms with van der Waals surface area (Å²) in [5.74, 6) is -0.614. The molecule has 0 bridgehead atoms. The fourth-order valence-corrected chi connectivity index (χ4v) is 1.98. The number of benzene rings is 1. The largest absolute Gasteiger partial charge is 0.352 e. The van der Waals surface area contributed by atoms with E-state index in [1.54, 1.807) is 26.0 Å². The topological polar surface area (TPSA) is 49.4 Å². The molecular formula is C16H23FN2O2. The Labute approximate surface area is 125 Å². The lowest BCUT2D eigenvalue weighted by Crippen LogP contribution is -2.48. The van der Waals surface area contributed by atoms with Gasteiger partial charge in [0.2, 0.25) is 11.8 Å². The van der Waals surface area contributed by atoms with Gasteiger partial charge in [0.15, 0.2) is 0 Å². The second-order valence-electron chi connectivity index (χ2n) is 5.34. The molecule has 0 saturated carbocycles. The van der Waals surface area contributed by atoms with Crippen LogP contribution < -0.4 is 5.32 Å². The fraction of sp³-hybridized carbons (Fsp3) is 0.500. The molecule has 1 aromatic rings. The number of nitrogens with one attached hydrogen (secondary N) is 1. The van der Waals surface area contributed by atoms with Crippen LogP contribution in [0.4, 0.5) is 4.39 Å². The van der Waals surface area contributed by atoms with Gasteiger partial charge in [0, 0.05) is 19.0 Å². The van der Waals surface area contributed by atoms with Crippen LogP contribution in [0.1, 0.15) is 39.7 Å². The molecule has 0 aliphatic carbocycles. The highest BCUT2D eigenvalue weighted by molar-refractivity contribution is 5.87. The van der Waals surface area contributed by atoms with E-state index in [4.69, 9.17) is 0 Å². The van der Waals surface area contributed by atoms with Crippen LogP contribution in [0.15, 0.2) is 24.3 Å². The van der Waals surface area contributed by atoms with Gasteiger partial charge in [0.25, 0.3) is 0 Å². The maximum absolute atomic E-state index is 12.9. The maximum atomic E-state index is 12.9. The molecule has 0 unspecified atom stereocenters. The second kappa shape index (κ2) is 7.76. The highest BCUT2D eigenvalue weighted by Crippen LogP contribution is 2.12. The third kappa shape index (κ3) is 5.17. The summed E-state index contributed by atoms with van der Waals surface area (Å²) in [6.07, 6.45) is 0.320. The van der Waals surface area contributed by atoms with Crippen LogP contribution in [0.25, 0.3) is 0 Å². The van der Waals surface area contributed by atoms with Crippen molar-refractivity contribution in [2.24, 2.45) is 0 Å². The summed E-state index contributed by atoms with van der Waals surface area (Å²) in [5, 5.41) is 2.80. The van der Waals surface area contributed by atoms with E-state index in [0.717, 1.165) is 5.56 Å². The minimum atomic E-state index is -0.565. The number of halogens is 1. The molecule has 0 saturated heterocycles. The van der Waals surface area contributed by atoms with E-state index in [2.05, 4.69) is 5.32 Å². The predicted molar refractivity (Wildman–Crippen MR) is 80.0 cm³/mol. The molecule has 1 aromatic carbocycles. The lowest BCUT2D eigenvalue weighted by atomic mass is 10.1. The molecule has 1 atom stereocenters. The first-order valence-electron chi connectivity index (χ1n) is 7.19. The van der Waals surface area contributed by atoms with Gasteiger partial charge < -0.3 is 10.2 Å². The Kier molecular flexibility index (Phi) is 6.34. The van der Waals surface area contributed by atoms with Crippen molar-refractivity contribution in [2.75, 3.05) is 0 Å². The Bertz CT molecular complexity index is 486. The lowest BCUT2D eigenvalue weighted by Gasteiger charge is -2.29. The zero-order valence-electron chi connectivity index (χ0n) is 13.0. The van der Waals surface area contributed by atoms with Crippen molar-refractivity contribution in [2.45, 2.75) is 52.7 Å². The third-order valence-corrected chi connectivity index (χ3v) is 3.17. The van der Waals surface area contributed by atoms with Gasteiger partial charge >= 0.3 is 0 Å². The van der Waals surface area contributed by atoms with Crippen molar-refractivity contribution in [3.8, 4) is 0 Å². The maximum Gasteiger partial charge on any atom is 0.242 e. The van der Waals surface area contributed by atoms with E-state index in [0.29, 0.717) is 13.0 Å². The summed E-state index contributed by atoms with van der Waals surface area (Å²) < 4.78 is 12.9. The highest BCUT2D eigenvalue weighted by atomic mass is 19.1. The molecule has 0 aliphatic heterocycles. The normalized spacial score (nSPS) is 12.1. The first-order chi connectivity index (χ1) is 9.85. The molecule has 2 amide bonds. The van der Waals surface area contributed by atoms with Gasteiger partial charge in [-0.25, -0.2) is 4.39 Å². The average Bonchev–Trinajstić information content (AvgIpc) is 2.44. The molecule has 0 radical (unpaired) electrons.